The highest BCUT2D eigenvalue weighted by Crippen LogP contribution is 2.61. The Labute approximate surface area is 252 Å². The minimum atomic E-state index is -1.17. The Hall–Kier alpha value is -2.49. The molecule has 1 N–H and O–H groups in total. The first-order valence-corrected chi connectivity index (χ1v) is 15.7. The number of alkyl halides is 1. The van der Waals surface area contributed by atoms with Gasteiger partial charge in [0.25, 0.3) is 0 Å². The molecule has 0 saturated carbocycles. The van der Waals surface area contributed by atoms with Crippen molar-refractivity contribution in [3.05, 3.63) is 61.2 Å². The lowest BCUT2D eigenvalue weighted by atomic mass is 9.70. The third kappa shape index (κ3) is 5.53. The molecule has 1 aromatic rings. The number of aliphatic hydroxyl groups is 1. The highest BCUT2D eigenvalue weighted by atomic mass is 79.9. The fourth-order valence-electron chi connectivity index (χ4n) is 7.20. The summed E-state index contributed by atoms with van der Waals surface area (Å²) in [5, 5.41) is 10.3. The molecule has 224 valence electrons. The van der Waals surface area contributed by atoms with Crippen molar-refractivity contribution in [2.45, 2.75) is 87.7 Å². The molecule has 3 heterocycles. The number of aliphatic hydroxyl groups excluding tert-OH is 1. The van der Waals surface area contributed by atoms with Crippen molar-refractivity contribution < 1.29 is 24.2 Å². The number of fused-ring (bicyclic) bond motifs is 1. The zero-order valence-corrected chi connectivity index (χ0v) is 26.0. The van der Waals surface area contributed by atoms with E-state index in [1.54, 1.807) is 26.9 Å². The van der Waals surface area contributed by atoms with Gasteiger partial charge in [0.05, 0.1) is 30.6 Å². The number of halogens is 1. The first-order valence-electron chi connectivity index (χ1n) is 14.8. The van der Waals surface area contributed by atoms with Crippen LogP contribution in [0, 0.1) is 11.8 Å². The molecule has 3 aliphatic heterocycles. The van der Waals surface area contributed by atoms with Gasteiger partial charge in [-0.05, 0) is 31.7 Å². The van der Waals surface area contributed by atoms with Crippen molar-refractivity contribution in [3.63, 3.8) is 0 Å². The SMILES string of the molecule is C=CCN(Cc1ccccc1)C(=O)[C@H]1[C@@H]2OC3(CC2Br)C(C(=O)N(CC=C)C(C)CCC)N([C@@H](CC)CO)C(=O)[C@H]13. The molecule has 3 amide bonds. The molecule has 1 aromatic carbocycles. The standard InChI is InChI=1S/C32H44BrN3O5/c1-6-13-21(5)35(17-8-3)31(40)28-32-18-24(33)27(41-32)25(26(32)30(39)36(28)23(9-4)20-37)29(38)34(16-7-2)19-22-14-11-10-12-15-22/h7-8,10-12,14-15,21,23-28,37H,2-3,6,9,13,16-20H2,1,4-5H3/t21?,23-,24?,25+,26-,27+,28?,32?/m0/s1. The van der Waals surface area contributed by atoms with Crippen molar-refractivity contribution in [2.24, 2.45) is 11.8 Å². The number of ether oxygens (including phenoxy) is 1. The number of nitrogens with zero attached hydrogens (tertiary/aromatic N) is 3. The maximum atomic E-state index is 14.5. The minimum Gasteiger partial charge on any atom is -0.394 e. The highest BCUT2D eigenvalue weighted by Gasteiger charge is 2.77. The fraction of sp³-hybridized carbons (Fsp3) is 0.594. The van der Waals surface area contributed by atoms with Gasteiger partial charge in [0, 0.05) is 30.5 Å². The van der Waals surface area contributed by atoms with Gasteiger partial charge >= 0.3 is 0 Å². The van der Waals surface area contributed by atoms with E-state index in [2.05, 4.69) is 36.0 Å². The van der Waals surface area contributed by atoms with Gasteiger partial charge in [0.1, 0.15) is 11.6 Å². The average Bonchev–Trinajstić information content (AvgIpc) is 3.56. The molecular formula is C32H44BrN3O5. The van der Waals surface area contributed by atoms with Crippen LogP contribution >= 0.6 is 15.9 Å². The molecule has 3 saturated heterocycles. The Morgan fingerprint density at radius 1 is 1.20 bits per heavy atom. The molecule has 8 nitrogen and oxygen atoms in total. The molecule has 41 heavy (non-hydrogen) atoms. The van der Waals surface area contributed by atoms with Crippen molar-refractivity contribution in [1.29, 1.82) is 0 Å². The summed E-state index contributed by atoms with van der Waals surface area (Å²) >= 11 is 3.76. The molecular weight excluding hydrogens is 586 g/mol. The van der Waals surface area contributed by atoms with Gasteiger partial charge in [-0.15, -0.1) is 13.2 Å². The zero-order chi connectivity index (χ0) is 29.9. The van der Waals surface area contributed by atoms with Gasteiger partial charge in [0.2, 0.25) is 17.7 Å². The lowest BCUT2D eigenvalue weighted by Crippen LogP contribution is -2.60. The molecule has 0 aliphatic carbocycles. The van der Waals surface area contributed by atoms with Gasteiger partial charge in [-0.3, -0.25) is 14.4 Å². The van der Waals surface area contributed by atoms with E-state index in [9.17, 15) is 19.5 Å². The quantitative estimate of drug-likeness (QED) is 0.249. The van der Waals surface area contributed by atoms with E-state index >= 15 is 0 Å². The zero-order valence-electron chi connectivity index (χ0n) is 24.5. The molecule has 1 spiro atoms. The van der Waals surface area contributed by atoms with Crippen molar-refractivity contribution in [1.82, 2.24) is 14.7 Å². The number of amides is 3. The van der Waals surface area contributed by atoms with Crippen LogP contribution in [0.4, 0.5) is 0 Å². The van der Waals surface area contributed by atoms with E-state index in [-0.39, 0.29) is 35.2 Å². The summed E-state index contributed by atoms with van der Waals surface area (Å²) in [6.45, 7) is 14.5. The number of likely N-dealkylation sites (tertiary alicyclic amines) is 1. The maximum Gasteiger partial charge on any atom is 0.248 e. The molecule has 4 unspecified atom stereocenters. The lowest BCUT2D eigenvalue weighted by molar-refractivity contribution is -0.153. The number of benzene rings is 1. The predicted octanol–water partition coefficient (Wildman–Crippen LogP) is 3.92. The summed E-state index contributed by atoms with van der Waals surface area (Å²) < 4.78 is 6.71. The highest BCUT2D eigenvalue weighted by molar-refractivity contribution is 9.09. The van der Waals surface area contributed by atoms with Gasteiger partial charge < -0.3 is 24.5 Å². The van der Waals surface area contributed by atoms with Crippen LogP contribution in [0.5, 0.6) is 0 Å². The van der Waals surface area contributed by atoms with Gasteiger partial charge in [-0.1, -0.05) is 78.7 Å². The van der Waals surface area contributed by atoms with E-state index in [1.165, 1.54) is 0 Å². The monoisotopic (exact) mass is 629 g/mol. The first kappa shape index (κ1) is 31.4. The Morgan fingerprint density at radius 2 is 1.88 bits per heavy atom. The largest absolute Gasteiger partial charge is 0.394 e. The van der Waals surface area contributed by atoms with Crippen LogP contribution in [0.25, 0.3) is 0 Å². The van der Waals surface area contributed by atoms with Crippen LogP contribution in [-0.2, 0) is 25.7 Å². The number of hydrogen-bond acceptors (Lipinski definition) is 5. The Bertz CT molecular complexity index is 1130. The number of carbonyl (C=O) groups excluding carboxylic acids is 3. The minimum absolute atomic E-state index is 0.0724. The topological polar surface area (TPSA) is 90.4 Å². The lowest BCUT2D eigenvalue weighted by Gasteiger charge is -2.41. The van der Waals surface area contributed by atoms with E-state index < -0.39 is 35.6 Å². The molecule has 3 fully saturated rings. The second kappa shape index (κ2) is 13.2. The van der Waals surface area contributed by atoms with Crippen molar-refractivity contribution in [2.75, 3.05) is 19.7 Å². The molecule has 9 heteroatoms. The second-order valence-corrected chi connectivity index (χ2v) is 12.7. The summed E-state index contributed by atoms with van der Waals surface area (Å²) in [4.78, 5) is 48.1. The number of hydrogen-bond donors (Lipinski definition) is 1. The molecule has 3 aliphatic rings. The van der Waals surface area contributed by atoms with Crippen molar-refractivity contribution >= 4 is 33.7 Å². The van der Waals surface area contributed by atoms with Gasteiger partial charge in [-0.25, -0.2) is 0 Å². The van der Waals surface area contributed by atoms with Crippen LogP contribution in [0.3, 0.4) is 0 Å². The van der Waals surface area contributed by atoms with Gasteiger partial charge in [-0.2, -0.15) is 0 Å². The summed E-state index contributed by atoms with van der Waals surface area (Å²) in [5.74, 6) is -2.27. The van der Waals surface area contributed by atoms with Crippen LogP contribution in [0.15, 0.2) is 55.6 Å². The van der Waals surface area contributed by atoms with E-state index in [1.807, 2.05) is 44.2 Å². The van der Waals surface area contributed by atoms with Crippen LogP contribution in [0.2, 0.25) is 0 Å². The predicted molar refractivity (Wildman–Crippen MR) is 162 cm³/mol. The number of rotatable bonds is 14. The van der Waals surface area contributed by atoms with Crippen LogP contribution < -0.4 is 0 Å². The Balaban J connectivity index is 1.78. The van der Waals surface area contributed by atoms with Gasteiger partial charge in [0.15, 0.2) is 0 Å². The maximum absolute atomic E-state index is 14.5. The summed E-state index contributed by atoms with van der Waals surface area (Å²) in [7, 11) is 0. The average molecular weight is 631 g/mol. The smallest absolute Gasteiger partial charge is 0.248 e. The molecule has 8 atom stereocenters. The summed E-state index contributed by atoms with van der Waals surface area (Å²) in [6.07, 6.45) is 5.44. The van der Waals surface area contributed by atoms with Crippen LogP contribution in [-0.4, -0.2) is 91.9 Å². The Morgan fingerprint density at radius 3 is 2.46 bits per heavy atom. The van der Waals surface area contributed by atoms with E-state index in [0.717, 1.165) is 18.4 Å². The number of carbonyl (C=O) groups is 3. The van der Waals surface area contributed by atoms with Crippen LogP contribution in [0.1, 0.15) is 52.0 Å². The molecule has 2 bridgehead atoms. The third-order valence-electron chi connectivity index (χ3n) is 9.05. The van der Waals surface area contributed by atoms with E-state index in [0.29, 0.717) is 32.5 Å². The second-order valence-electron chi connectivity index (χ2n) is 11.6. The summed E-state index contributed by atoms with van der Waals surface area (Å²) in [5.41, 5.74) is -0.200. The van der Waals surface area contributed by atoms with E-state index in [4.69, 9.17) is 4.74 Å². The first-order chi connectivity index (χ1) is 19.7. The molecule has 0 aromatic heterocycles. The fourth-order valence-corrected chi connectivity index (χ4v) is 8.14. The summed E-state index contributed by atoms with van der Waals surface area (Å²) in [6, 6.07) is 8.13. The molecule has 4 rings (SSSR count). The third-order valence-corrected chi connectivity index (χ3v) is 9.89. The molecule has 0 radical (unpaired) electrons. The normalized spacial score (nSPS) is 29.6. The Kier molecular flexibility index (Phi) is 10.1. The van der Waals surface area contributed by atoms with Crippen molar-refractivity contribution in [3.8, 4) is 0 Å².